The van der Waals surface area contributed by atoms with Gasteiger partial charge in [-0.3, -0.25) is 0 Å². The summed E-state index contributed by atoms with van der Waals surface area (Å²) in [5.41, 5.74) is 3.84. The van der Waals surface area contributed by atoms with E-state index in [2.05, 4.69) is 16.8 Å². The standard InChI is InChI=1S/C10H9F3N2O/c11-10(12,13)9-7(3-1-2-6-16)4-5-8(14)15-9/h4-5,16H,2,6H2,(H2,14,15). The molecule has 0 bridgehead atoms. The van der Waals surface area contributed by atoms with Crippen LogP contribution in [-0.2, 0) is 6.18 Å². The molecule has 3 nitrogen and oxygen atoms in total. The molecular formula is C10H9F3N2O. The molecule has 0 saturated carbocycles. The Hall–Kier alpha value is -1.74. The number of nitrogen functional groups attached to an aromatic ring is 1. The average Bonchev–Trinajstić information content (AvgIpc) is 2.19. The van der Waals surface area contributed by atoms with E-state index in [9.17, 15) is 13.2 Å². The number of aliphatic hydroxyl groups excluding tert-OH is 1. The normalized spacial score (nSPS) is 10.8. The van der Waals surface area contributed by atoms with Crippen LogP contribution in [0, 0.1) is 11.8 Å². The Morgan fingerprint density at radius 3 is 2.62 bits per heavy atom. The molecule has 0 unspecified atom stereocenters. The zero-order valence-electron chi connectivity index (χ0n) is 8.17. The zero-order chi connectivity index (χ0) is 12.2. The van der Waals surface area contributed by atoms with Gasteiger partial charge in [-0.25, -0.2) is 4.98 Å². The van der Waals surface area contributed by atoms with Gasteiger partial charge in [-0.15, -0.1) is 0 Å². The molecule has 16 heavy (non-hydrogen) atoms. The van der Waals surface area contributed by atoms with Crippen molar-refractivity contribution in [2.75, 3.05) is 12.3 Å². The lowest BCUT2D eigenvalue weighted by molar-refractivity contribution is -0.141. The molecule has 86 valence electrons. The minimum Gasteiger partial charge on any atom is -0.395 e. The number of pyridine rings is 1. The molecule has 3 N–H and O–H groups in total. The van der Waals surface area contributed by atoms with Gasteiger partial charge in [0, 0.05) is 6.42 Å². The number of alkyl halides is 3. The van der Waals surface area contributed by atoms with E-state index in [1.54, 1.807) is 0 Å². The number of rotatable bonds is 1. The van der Waals surface area contributed by atoms with Gasteiger partial charge in [0.25, 0.3) is 0 Å². The van der Waals surface area contributed by atoms with Crippen LogP contribution in [0.4, 0.5) is 19.0 Å². The first kappa shape index (κ1) is 12.3. The maximum atomic E-state index is 12.5. The first-order valence-electron chi connectivity index (χ1n) is 4.38. The number of anilines is 1. The van der Waals surface area contributed by atoms with Gasteiger partial charge in [0.05, 0.1) is 12.2 Å². The molecule has 0 fully saturated rings. The van der Waals surface area contributed by atoms with Crippen LogP contribution in [0.15, 0.2) is 12.1 Å². The van der Waals surface area contributed by atoms with Crippen molar-refractivity contribution in [3.63, 3.8) is 0 Å². The van der Waals surface area contributed by atoms with Crippen LogP contribution in [-0.4, -0.2) is 16.7 Å². The van der Waals surface area contributed by atoms with Crippen molar-refractivity contribution in [1.82, 2.24) is 4.98 Å². The second-order valence-corrected chi connectivity index (χ2v) is 2.91. The Kier molecular flexibility index (Phi) is 3.74. The number of hydrogen-bond acceptors (Lipinski definition) is 3. The fourth-order valence-corrected chi connectivity index (χ4v) is 1.00. The number of nitrogens with zero attached hydrogens (tertiary/aromatic N) is 1. The third-order valence-electron chi connectivity index (χ3n) is 1.65. The Labute approximate surface area is 90.1 Å². The molecule has 1 heterocycles. The van der Waals surface area contributed by atoms with Gasteiger partial charge < -0.3 is 10.8 Å². The van der Waals surface area contributed by atoms with Gasteiger partial charge >= 0.3 is 6.18 Å². The third-order valence-corrected chi connectivity index (χ3v) is 1.65. The van der Waals surface area contributed by atoms with Crippen LogP contribution in [0.5, 0.6) is 0 Å². The van der Waals surface area contributed by atoms with Crippen LogP contribution < -0.4 is 5.73 Å². The van der Waals surface area contributed by atoms with Crippen LogP contribution in [0.25, 0.3) is 0 Å². The second-order valence-electron chi connectivity index (χ2n) is 2.91. The first-order valence-corrected chi connectivity index (χ1v) is 4.38. The quantitative estimate of drug-likeness (QED) is 0.717. The molecule has 6 heteroatoms. The van der Waals surface area contributed by atoms with Gasteiger partial charge in [0.1, 0.15) is 5.82 Å². The Morgan fingerprint density at radius 1 is 1.38 bits per heavy atom. The maximum absolute atomic E-state index is 12.5. The molecule has 1 aromatic rings. The Bertz CT molecular complexity index is 432. The van der Waals surface area contributed by atoms with Crippen LogP contribution >= 0.6 is 0 Å². The van der Waals surface area contributed by atoms with Crippen molar-refractivity contribution in [2.24, 2.45) is 0 Å². The lowest BCUT2D eigenvalue weighted by Crippen LogP contribution is -2.12. The summed E-state index contributed by atoms with van der Waals surface area (Å²) in [6, 6.07) is 2.41. The summed E-state index contributed by atoms with van der Waals surface area (Å²) in [5, 5.41) is 8.46. The van der Waals surface area contributed by atoms with E-state index in [0.717, 1.165) is 6.07 Å². The highest BCUT2D eigenvalue weighted by atomic mass is 19.4. The van der Waals surface area contributed by atoms with Gasteiger partial charge in [-0.05, 0) is 12.1 Å². The average molecular weight is 230 g/mol. The zero-order valence-corrected chi connectivity index (χ0v) is 8.17. The van der Waals surface area contributed by atoms with E-state index in [1.165, 1.54) is 6.07 Å². The van der Waals surface area contributed by atoms with E-state index in [4.69, 9.17) is 10.8 Å². The number of hydrogen-bond donors (Lipinski definition) is 2. The largest absolute Gasteiger partial charge is 0.434 e. The predicted molar refractivity (Wildman–Crippen MR) is 52.2 cm³/mol. The third kappa shape index (κ3) is 3.14. The minimum atomic E-state index is -4.58. The molecule has 0 aliphatic heterocycles. The van der Waals surface area contributed by atoms with Crippen molar-refractivity contribution in [2.45, 2.75) is 12.6 Å². The van der Waals surface area contributed by atoms with Crippen LogP contribution in [0.1, 0.15) is 17.7 Å². The van der Waals surface area contributed by atoms with Crippen molar-refractivity contribution >= 4 is 5.82 Å². The fraction of sp³-hybridized carbons (Fsp3) is 0.300. The van der Waals surface area contributed by atoms with Gasteiger partial charge in [0.15, 0.2) is 5.69 Å². The molecule has 0 saturated heterocycles. The van der Waals surface area contributed by atoms with Gasteiger partial charge in [-0.1, -0.05) is 11.8 Å². The molecule has 1 rings (SSSR count). The second kappa shape index (κ2) is 4.86. The van der Waals surface area contributed by atoms with E-state index in [0.29, 0.717) is 0 Å². The lowest BCUT2D eigenvalue weighted by atomic mass is 10.2. The first-order chi connectivity index (χ1) is 7.45. The fourth-order valence-electron chi connectivity index (χ4n) is 1.00. The van der Waals surface area contributed by atoms with E-state index in [-0.39, 0.29) is 24.4 Å². The Balaban J connectivity index is 3.15. The molecule has 0 amide bonds. The smallest absolute Gasteiger partial charge is 0.395 e. The van der Waals surface area contributed by atoms with Crippen molar-refractivity contribution in [3.05, 3.63) is 23.4 Å². The summed E-state index contributed by atoms with van der Waals surface area (Å²) in [5.74, 6) is 4.49. The summed E-state index contributed by atoms with van der Waals surface area (Å²) >= 11 is 0. The van der Waals surface area contributed by atoms with Crippen molar-refractivity contribution in [3.8, 4) is 11.8 Å². The Morgan fingerprint density at radius 2 is 2.06 bits per heavy atom. The van der Waals surface area contributed by atoms with Crippen molar-refractivity contribution < 1.29 is 18.3 Å². The molecule has 0 radical (unpaired) electrons. The number of aliphatic hydroxyl groups is 1. The molecule has 0 aliphatic carbocycles. The molecular weight excluding hydrogens is 221 g/mol. The highest BCUT2D eigenvalue weighted by Crippen LogP contribution is 2.30. The number of halogens is 3. The number of aromatic nitrogens is 1. The monoisotopic (exact) mass is 230 g/mol. The SMILES string of the molecule is Nc1ccc(C#CCCO)c(C(F)(F)F)n1. The van der Waals surface area contributed by atoms with Gasteiger partial charge in [0.2, 0.25) is 0 Å². The van der Waals surface area contributed by atoms with Gasteiger partial charge in [-0.2, -0.15) is 13.2 Å². The summed E-state index contributed by atoms with van der Waals surface area (Å²) < 4.78 is 37.5. The van der Waals surface area contributed by atoms with E-state index in [1.807, 2.05) is 0 Å². The maximum Gasteiger partial charge on any atom is 0.434 e. The highest BCUT2D eigenvalue weighted by Gasteiger charge is 2.35. The summed E-state index contributed by atoms with van der Waals surface area (Å²) in [4.78, 5) is 3.21. The minimum absolute atomic E-state index is 0.113. The summed E-state index contributed by atoms with van der Waals surface area (Å²) in [6.45, 7) is -0.198. The topological polar surface area (TPSA) is 59.1 Å². The molecule has 1 aromatic heterocycles. The van der Waals surface area contributed by atoms with Crippen molar-refractivity contribution in [1.29, 1.82) is 0 Å². The molecule has 0 aliphatic rings. The molecule has 0 spiro atoms. The number of nitrogens with two attached hydrogens (primary N) is 1. The summed E-state index contributed by atoms with van der Waals surface area (Å²) in [6.07, 6.45) is -4.47. The van der Waals surface area contributed by atoms with E-state index < -0.39 is 11.9 Å². The highest BCUT2D eigenvalue weighted by molar-refractivity contribution is 5.44. The van der Waals surface area contributed by atoms with Crippen LogP contribution in [0.2, 0.25) is 0 Å². The van der Waals surface area contributed by atoms with E-state index >= 15 is 0 Å². The summed E-state index contributed by atoms with van der Waals surface area (Å²) in [7, 11) is 0. The molecule has 0 aromatic carbocycles. The van der Waals surface area contributed by atoms with Crippen LogP contribution in [0.3, 0.4) is 0 Å². The molecule has 0 atom stereocenters. The predicted octanol–water partition coefficient (Wildman–Crippen LogP) is 1.42. The lowest BCUT2D eigenvalue weighted by Gasteiger charge is -2.08.